The van der Waals surface area contributed by atoms with Crippen molar-refractivity contribution >= 4 is 12.1 Å². The monoisotopic (exact) mass is 328 g/mol. The predicted octanol–water partition coefficient (Wildman–Crippen LogP) is 2.87. The van der Waals surface area contributed by atoms with Gasteiger partial charge in [-0.25, -0.2) is 5.43 Å². The van der Waals surface area contributed by atoms with Crippen molar-refractivity contribution in [2.45, 2.75) is 6.92 Å². The summed E-state index contributed by atoms with van der Waals surface area (Å²) in [6, 6.07) is 12.2. The Morgan fingerprint density at radius 3 is 2.46 bits per heavy atom. The topological polar surface area (TPSA) is 69.2 Å². The number of hydrazone groups is 1. The van der Waals surface area contributed by atoms with Gasteiger partial charge in [0.2, 0.25) is 0 Å². The molecule has 0 radical (unpaired) electrons. The molecule has 126 valence electrons. The predicted molar refractivity (Wildman–Crippen MR) is 92.2 cm³/mol. The van der Waals surface area contributed by atoms with Crippen LogP contribution < -0.4 is 19.6 Å². The third-order valence-electron chi connectivity index (χ3n) is 3.22. The summed E-state index contributed by atoms with van der Waals surface area (Å²) in [7, 11) is 3.15. The Morgan fingerprint density at radius 2 is 1.83 bits per heavy atom. The van der Waals surface area contributed by atoms with Gasteiger partial charge in [-0.05, 0) is 55.0 Å². The molecule has 0 saturated heterocycles. The molecule has 0 aliphatic rings. The van der Waals surface area contributed by atoms with E-state index in [0.717, 1.165) is 5.56 Å². The number of carbonyl (C=O) groups is 1. The van der Waals surface area contributed by atoms with Crippen molar-refractivity contribution in [2.24, 2.45) is 5.10 Å². The molecule has 0 atom stereocenters. The SMILES string of the molecule is CCOc1ccc(C=NNC(=O)c2ccc(OC)cc2)cc1OC. The zero-order valence-electron chi connectivity index (χ0n) is 13.9. The van der Waals surface area contributed by atoms with Gasteiger partial charge in [-0.1, -0.05) is 0 Å². The first-order valence-corrected chi connectivity index (χ1v) is 7.46. The Balaban J connectivity index is 2.01. The minimum atomic E-state index is -0.299. The van der Waals surface area contributed by atoms with Gasteiger partial charge in [0.25, 0.3) is 5.91 Å². The highest BCUT2D eigenvalue weighted by atomic mass is 16.5. The fraction of sp³-hybridized carbons (Fsp3) is 0.222. The quantitative estimate of drug-likeness (QED) is 0.627. The smallest absolute Gasteiger partial charge is 0.271 e. The Kier molecular flexibility index (Phi) is 6.19. The molecule has 0 aliphatic carbocycles. The lowest BCUT2D eigenvalue weighted by atomic mass is 10.2. The zero-order chi connectivity index (χ0) is 17.4. The molecule has 0 aromatic heterocycles. The van der Waals surface area contributed by atoms with E-state index in [1.807, 2.05) is 13.0 Å². The summed E-state index contributed by atoms with van der Waals surface area (Å²) in [5.74, 6) is 1.67. The second-order valence-corrected chi connectivity index (χ2v) is 4.77. The van der Waals surface area contributed by atoms with Crippen LogP contribution >= 0.6 is 0 Å². The molecule has 0 bridgehead atoms. The highest BCUT2D eigenvalue weighted by Crippen LogP contribution is 2.27. The van der Waals surface area contributed by atoms with Crippen LogP contribution in [-0.4, -0.2) is 32.9 Å². The zero-order valence-corrected chi connectivity index (χ0v) is 13.9. The second kappa shape index (κ2) is 8.57. The number of ether oxygens (including phenoxy) is 3. The van der Waals surface area contributed by atoms with Crippen LogP contribution in [0.15, 0.2) is 47.6 Å². The lowest BCUT2D eigenvalue weighted by Gasteiger charge is -2.09. The molecule has 1 N–H and O–H groups in total. The van der Waals surface area contributed by atoms with Gasteiger partial charge in [0, 0.05) is 5.56 Å². The standard InChI is InChI=1S/C18H20N2O4/c1-4-24-16-10-5-13(11-17(16)23-3)12-19-20-18(21)14-6-8-15(22-2)9-7-14/h5-12H,4H2,1-3H3,(H,20,21). The summed E-state index contributed by atoms with van der Waals surface area (Å²) < 4.78 is 15.8. The van der Waals surface area contributed by atoms with E-state index in [1.54, 1.807) is 56.8 Å². The summed E-state index contributed by atoms with van der Waals surface area (Å²) in [4.78, 5) is 12.0. The average molecular weight is 328 g/mol. The van der Waals surface area contributed by atoms with Crippen LogP contribution in [0.2, 0.25) is 0 Å². The highest BCUT2D eigenvalue weighted by Gasteiger charge is 2.05. The van der Waals surface area contributed by atoms with Gasteiger partial charge >= 0.3 is 0 Å². The van der Waals surface area contributed by atoms with E-state index in [9.17, 15) is 4.79 Å². The Bertz CT molecular complexity index is 711. The van der Waals surface area contributed by atoms with Gasteiger partial charge in [0.15, 0.2) is 11.5 Å². The number of benzene rings is 2. The number of carbonyl (C=O) groups excluding carboxylic acids is 1. The Labute approximate surface area is 141 Å². The first-order valence-electron chi connectivity index (χ1n) is 7.46. The van der Waals surface area contributed by atoms with E-state index >= 15 is 0 Å². The van der Waals surface area contributed by atoms with Gasteiger partial charge in [0.1, 0.15) is 5.75 Å². The molecule has 0 fully saturated rings. The number of rotatable bonds is 7. The normalized spacial score (nSPS) is 10.5. The maximum atomic E-state index is 12.0. The molecular weight excluding hydrogens is 308 g/mol. The maximum absolute atomic E-state index is 12.0. The van der Waals surface area contributed by atoms with E-state index in [-0.39, 0.29) is 5.91 Å². The van der Waals surface area contributed by atoms with Gasteiger partial charge < -0.3 is 14.2 Å². The first-order chi connectivity index (χ1) is 11.7. The molecule has 2 aromatic rings. The van der Waals surface area contributed by atoms with Crippen LogP contribution in [-0.2, 0) is 0 Å². The Morgan fingerprint density at radius 1 is 1.08 bits per heavy atom. The number of nitrogens with one attached hydrogen (secondary N) is 1. The number of nitrogens with zero attached hydrogens (tertiary/aromatic N) is 1. The van der Waals surface area contributed by atoms with Crippen LogP contribution in [0.3, 0.4) is 0 Å². The lowest BCUT2D eigenvalue weighted by Crippen LogP contribution is -2.17. The molecule has 1 amide bonds. The number of hydrogen-bond donors (Lipinski definition) is 1. The molecule has 0 aliphatic heterocycles. The molecule has 0 spiro atoms. The number of methoxy groups -OCH3 is 2. The fourth-order valence-corrected chi connectivity index (χ4v) is 2.01. The van der Waals surface area contributed by atoms with E-state index in [1.165, 1.54) is 0 Å². The molecule has 2 rings (SSSR count). The minimum Gasteiger partial charge on any atom is -0.497 e. The van der Waals surface area contributed by atoms with Crippen molar-refractivity contribution in [1.82, 2.24) is 5.43 Å². The third kappa shape index (κ3) is 4.49. The van der Waals surface area contributed by atoms with Crippen molar-refractivity contribution in [3.05, 3.63) is 53.6 Å². The number of hydrogen-bond acceptors (Lipinski definition) is 5. The first kappa shape index (κ1) is 17.3. The molecule has 0 unspecified atom stereocenters. The molecular formula is C18H20N2O4. The van der Waals surface area contributed by atoms with Crippen LogP contribution in [0, 0.1) is 0 Å². The van der Waals surface area contributed by atoms with Gasteiger partial charge in [0.05, 0.1) is 27.0 Å². The van der Waals surface area contributed by atoms with Gasteiger partial charge in [-0.15, -0.1) is 0 Å². The summed E-state index contributed by atoms with van der Waals surface area (Å²) in [6.45, 7) is 2.46. The van der Waals surface area contributed by atoms with Crippen LogP contribution in [0.25, 0.3) is 0 Å². The summed E-state index contributed by atoms with van der Waals surface area (Å²) >= 11 is 0. The second-order valence-electron chi connectivity index (χ2n) is 4.77. The molecule has 2 aromatic carbocycles. The van der Waals surface area contributed by atoms with Crippen molar-refractivity contribution < 1.29 is 19.0 Å². The molecule has 0 heterocycles. The molecule has 0 saturated carbocycles. The molecule has 24 heavy (non-hydrogen) atoms. The van der Waals surface area contributed by atoms with E-state index < -0.39 is 0 Å². The van der Waals surface area contributed by atoms with E-state index in [2.05, 4.69) is 10.5 Å². The van der Waals surface area contributed by atoms with E-state index in [4.69, 9.17) is 14.2 Å². The average Bonchev–Trinajstić information content (AvgIpc) is 2.63. The van der Waals surface area contributed by atoms with Crippen molar-refractivity contribution in [3.63, 3.8) is 0 Å². The maximum Gasteiger partial charge on any atom is 0.271 e. The number of amides is 1. The fourth-order valence-electron chi connectivity index (χ4n) is 2.01. The lowest BCUT2D eigenvalue weighted by molar-refractivity contribution is 0.0955. The van der Waals surface area contributed by atoms with Crippen LogP contribution in [0.5, 0.6) is 17.2 Å². The highest BCUT2D eigenvalue weighted by molar-refractivity contribution is 5.95. The van der Waals surface area contributed by atoms with Crippen LogP contribution in [0.1, 0.15) is 22.8 Å². The minimum absolute atomic E-state index is 0.299. The largest absolute Gasteiger partial charge is 0.497 e. The van der Waals surface area contributed by atoms with Crippen LogP contribution in [0.4, 0.5) is 0 Å². The van der Waals surface area contributed by atoms with Gasteiger partial charge in [-0.2, -0.15) is 5.10 Å². The van der Waals surface area contributed by atoms with E-state index in [0.29, 0.717) is 29.4 Å². The summed E-state index contributed by atoms with van der Waals surface area (Å²) in [5, 5.41) is 3.96. The van der Waals surface area contributed by atoms with Crippen molar-refractivity contribution in [1.29, 1.82) is 0 Å². The third-order valence-corrected chi connectivity index (χ3v) is 3.22. The summed E-state index contributed by atoms with van der Waals surface area (Å²) in [5.41, 5.74) is 3.76. The molecule has 6 nitrogen and oxygen atoms in total. The van der Waals surface area contributed by atoms with Gasteiger partial charge in [-0.3, -0.25) is 4.79 Å². The summed E-state index contributed by atoms with van der Waals surface area (Å²) in [6.07, 6.45) is 1.54. The van der Waals surface area contributed by atoms with Crippen molar-refractivity contribution in [3.8, 4) is 17.2 Å². The van der Waals surface area contributed by atoms with Crippen molar-refractivity contribution in [2.75, 3.05) is 20.8 Å². The molecule has 6 heteroatoms. The Hall–Kier alpha value is -3.02.